The summed E-state index contributed by atoms with van der Waals surface area (Å²) in [5, 5.41) is 3.44. The van der Waals surface area contributed by atoms with Crippen molar-refractivity contribution in [2.75, 3.05) is 31.1 Å². The summed E-state index contributed by atoms with van der Waals surface area (Å²) in [6.07, 6.45) is 12.8. The molecule has 4 heteroatoms. The van der Waals surface area contributed by atoms with Gasteiger partial charge in [0.1, 0.15) is 5.82 Å². The van der Waals surface area contributed by atoms with Gasteiger partial charge >= 0.3 is 0 Å². The van der Waals surface area contributed by atoms with Crippen molar-refractivity contribution in [1.29, 1.82) is 0 Å². The van der Waals surface area contributed by atoms with E-state index in [1.54, 1.807) is 0 Å². The fourth-order valence-electron chi connectivity index (χ4n) is 4.09. The molecule has 0 unspecified atom stereocenters. The zero-order valence-corrected chi connectivity index (χ0v) is 13.6. The van der Waals surface area contributed by atoms with Crippen LogP contribution in [0.25, 0.3) is 0 Å². The van der Waals surface area contributed by atoms with Crippen molar-refractivity contribution >= 4 is 5.69 Å². The van der Waals surface area contributed by atoms with E-state index in [1.165, 1.54) is 62.7 Å². The minimum Gasteiger partial charge on any atom is -0.366 e. The van der Waals surface area contributed by atoms with Crippen LogP contribution in [-0.4, -0.2) is 36.1 Å². The van der Waals surface area contributed by atoms with E-state index < -0.39 is 0 Å². The molecule has 0 radical (unpaired) electrons. The summed E-state index contributed by atoms with van der Waals surface area (Å²) in [7, 11) is 0. The fourth-order valence-corrected chi connectivity index (χ4v) is 4.09. The van der Waals surface area contributed by atoms with Gasteiger partial charge in [0.15, 0.2) is 0 Å². The van der Waals surface area contributed by atoms with Crippen LogP contribution in [-0.2, 0) is 0 Å². The first-order chi connectivity index (χ1) is 10.9. The summed E-state index contributed by atoms with van der Waals surface area (Å²) in [6, 6.07) is 0. The van der Waals surface area contributed by atoms with Gasteiger partial charge in [0.25, 0.3) is 0 Å². The lowest BCUT2D eigenvalue weighted by Gasteiger charge is -2.35. The van der Waals surface area contributed by atoms with Crippen molar-refractivity contribution < 1.29 is 0 Å². The lowest BCUT2D eigenvalue weighted by molar-refractivity contribution is 0.398. The van der Waals surface area contributed by atoms with Gasteiger partial charge in [-0.25, -0.2) is 9.97 Å². The van der Waals surface area contributed by atoms with E-state index in [2.05, 4.69) is 16.4 Å². The highest BCUT2D eigenvalue weighted by atomic mass is 15.2. The Morgan fingerprint density at radius 3 is 2.32 bits per heavy atom. The van der Waals surface area contributed by atoms with E-state index in [4.69, 9.17) is 9.97 Å². The van der Waals surface area contributed by atoms with Crippen LogP contribution >= 0.6 is 0 Å². The largest absolute Gasteiger partial charge is 0.366 e. The minimum absolute atomic E-state index is 0.615. The Kier molecular flexibility index (Phi) is 4.28. The number of piperazine rings is 1. The highest BCUT2D eigenvalue weighted by molar-refractivity contribution is 5.51. The summed E-state index contributed by atoms with van der Waals surface area (Å²) in [5.41, 5.74) is 2.69. The molecule has 0 atom stereocenters. The molecule has 1 saturated heterocycles. The maximum absolute atomic E-state index is 5.12. The molecule has 0 aromatic carbocycles. The first-order valence-corrected chi connectivity index (χ1v) is 9.24. The number of nitrogens with zero attached hydrogens (tertiary/aromatic N) is 3. The van der Waals surface area contributed by atoms with E-state index in [9.17, 15) is 0 Å². The number of anilines is 1. The van der Waals surface area contributed by atoms with Crippen molar-refractivity contribution in [3.05, 3.63) is 17.7 Å². The van der Waals surface area contributed by atoms with Gasteiger partial charge in [-0.05, 0) is 25.7 Å². The van der Waals surface area contributed by atoms with Crippen LogP contribution in [0.5, 0.6) is 0 Å². The van der Waals surface area contributed by atoms with Crippen molar-refractivity contribution in [3.8, 4) is 0 Å². The summed E-state index contributed by atoms with van der Waals surface area (Å²) in [6.45, 7) is 4.33. The van der Waals surface area contributed by atoms with Gasteiger partial charge in [-0.2, -0.15) is 0 Å². The van der Waals surface area contributed by atoms with Gasteiger partial charge in [-0.3, -0.25) is 0 Å². The molecule has 0 spiro atoms. The van der Waals surface area contributed by atoms with Crippen LogP contribution in [0, 0.1) is 0 Å². The Labute approximate surface area is 133 Å². The van der Waals surface area contributed by atoms with Crippen molar-refractivity contribution in [3.63, 3.8) is 0 Å². The van der Waals surface area contributed by atoms with Crippen LogP contribution in [0.3, 0.4) is 0 Å². The zero-order valence-electron chi connectivity index (χ0n) is 13.6. The molecule has 120 valence electrons. The predicted molar refractivity (Wildman–Crippen MR) is 89.5 cm³/mol. The number of nitrogens with one attached hydrogen (secondary N) is 1. The second kappa shape index (κ2) is 6.53. The Morgan fingerprint density at radius 2 is 1.64 bits per heavy atom. The molecule has 3 fully saturated rings. The monoisotopic (exact) mass is 300 g/mol. The second-order valence-electron chi connectivity index (χ2n) is 7.20. The standard InChI is InChI=1S/C18H28N4/c1-2-5-15(6-3-1)18-20-13-16(22-11-9-19-10-12-22)17(21-18)14-7-4-8-14/h13-15,19H,1-12H2. The van der Waals surface area contributed by atoms with E-state index in [1.807, 2.05) is 0 Å². The third kappa shape index (κ3) is 2.85. The molecule has 4 rings (SSSR count). The van der Waals surface area contributed by atoms with Gasteiger partial charge in [-0.1, -0.05) is 25.7 Å². The number of aromatic nitrogens is 2. The molecule has 2 aliphatic carbocycles. The van der Waals surface area contributed by atoms with Crippen LogP contribution in [0.1, 0.15) is 74.7 Å². The lowest BCUT2D eigenvalue weighted by atomic mass is 9.81. The molecule has 1 aliphatic heterocycles. The maximum Gasteiger partial charge on any atom is 0.131 e. The minimum atomic E-state index is 0.615. The van der Waals surface area contributed by atoms with Gasteiger partial charge in [0, 0.05) is 38.0 Å². The van der Waals surface area contributed by atoms with Crippen LogP contribution in [0.4, 0.5) is 5.69 Å². The highest BCUT2D eigenvalue weighted by Crippen LogP contribution is 2.41. The molecule has 3 aliphatic rings. The SMILES string of the molecule is c1nc(C2CCCCC2)nc(C2CCC2)c1N1CCNCC1. The Morgan fingerprint density at radius 1 is 0.909 bits per heavy atom. The third-order valence-electron chi connectivity index (χ3n) is 5.74. The van der Waals surface area contributed by atoms with Crippen LogP contribution < -0.4 is 10.2 Å². The Bertz CT molecular complexity index is 500. The lowest BCUT2D eigenvalue weighted by Crippen LogP contribution is -2.44. The summed E-state index contributed by atoms with van der Waals surface area (Å²) in [5.74, 6) is 2.44. The van der Waals surface area contributed by atoms with Gasteiger partial charge in [-0.15, -0.1) is 0 Å². The molecular weight excluding hydrogens is 272 g/mol. The summed E-state index contributed by atoms with van der Waals surface area (Å²) in [4.78, 5) is 12.4. The highest BCUT2D eigenvalue weighted by Gasteiger charge is 2.28. The Balaban J connectivity index is 1.62. The van der Waals surface area contributed by atoms with E-state index in [0.717, 1.165) is 32.0 Å². The quantitative estimate of drug-likeness (QED) is 0.930. The number of rotatable bonds is 3. The van der Waals surface area contributed by atoms with E-state index >= 15 is 0 Å². The molecule has 1 aromatic rings. The van der Waals surface area contributed by atoms with E-state index in [0.29, 0.717) is 11.8 Å². The average molecular weight is 300 g/mol. The van der Waals surface area contributed by atoms with Crippen LogP contribution in [0.2, 0.25) is 0 Å². The van der Waals surface area contributed by atoms with Gasteiger partial charge in [0.2, 0.25) is 0 Å². The smallest absolute Gasteiger partial charge is 0.131 e. The number of hydrogen-bond acceptors (Lipinski definition) is 4. The Hall–Kier alpha value is -1.16. The predicted octanol–water partition coefficient (Wildman–Crippen LogP) is 3.20. The fraction of sp³-hybridized carbons (Fsp3) is 0.778. The molecule has 0 bridgehead atoms. The molecule has 22 heavy (non-hydrogen) atoms. The molecule has 2 saturated carbocycles. The number of hydrogen-bond donors (Lipinski definition) is 1. The molecule has 2 heterocycles. The van der Waals surface area contributed by atoms with E-state index in [-0.39, 0.29) is 0 Å². The first kappa shape index (κ1) is 14.4. The van der Waals surface area contributed by atoms with Crippen molar-refractivity contribution in [1.82, 2.24) is 15.3 Å². The summed E-state index contributed by atoms with van der Waals surface area (Å²) < 4.78 is 0. The molecule has 1 aromatic heterocycles. The van der Waals surface area contributed by atoms with Crippen molar-refractivity contribution in [2.45, 2.75) is 63.2 Å². The molecule has 4 nitrogen and oxygen atoms in total. The molecular formula is C18H28N4. The second-order valence-corrected chi connectivity index (χ2v) is 7.20. The maximum atomic E-state index is 5.12. The molecule has 0 amide bonds. The zero-order chi connectivity index (χ0) is 14.8. The van der Waals surface area contributed by atoms with Crippen LogP contribution in [0.15, 0.2) is 6.20 Å². The first-order valence-electron chi connectivity index (χ1n) is 9.24. The summed E-state index contributed by atoms with van der Waals surface area (Å²) >= 11 is 0. The normalized spacial score (nSPS) is 24.3. The molecule has 1 N–H and O–H groups in total. The van der Waals surface area contributed by atoms with Gasteiger partial charge in [0.05, 0.1) is 17.6 Å². The van der Waals surface area contributed by atoms with Crippen molar-refractivity contribution in [2.24, 2.45) is 0 Å². The third-order valence-corrected chi connectivity index (χ3v) is 5.74. The average Bonchev–Trinajstić information content (AvgIpc) is 2.55. The van der Waals surface area contributed by atoms with Gasteiger partial charge < -0.3 is 10.2 Å². The topological polar surface area (TPSA) is 41.1 Å².